The summed E-state index contributed by atoms with van der Waals surface area (Å²) in [6, 6.07) is 17.4. The van der Waals surface area contributed by atoms with Gasteiger partial charge in [-0.05, 0) is 49.2 Å². The molecule has 1 aromatic heterocycles. The van der Waals surface area contributed by atoms with Crippen molar-refractivity contribution < 1.29 is 9.53 Å². The van der Waals surface area contributed by atoms with E-state index >= 15 is 0 Å². The molecule has 2 N–H and O–H groups in total. The van der Waals surface area contributed by atoms with Crippen molar-refractivity contribution in [1.29, 1.82) is 0 Å². The van der Waals surface area contributed by atoms with Crippen molar-refractivity contribution in [3.8, 4) is 11.5 Å². The molecule has 8 heteroatoms. The van der Waals surface area contributed by atoms with Gasteiger partial charge < -0.3 is 15.4 Å². The fourth-order valence-electron chi connectivity index (χ4n) is 2.81. The standard InChI is InChI=1S/C20H20N4O2S2/c25-18-17(8-4-5-13-21-18)27-20-24-23-19(28-20)22-14-9-11-16(12-10-14)26-15-6-2-1-3-7-15/h1-3,6-7,9-12,17H,4-5,8,13H2,(H,21,25)(H,22,23)/t17-/m0/s1. The van der Waals surface area contributed by atoms with Crippen molar-refractivity contribution in [2.75, 3.05) is 11.9 Å². The molecular weight excluding hydrogens is 392 g/mol. The van der Waals surface area contributed by atoms with E-state index in [1.807, 2.05) is 54.6 Å². The minimum Gasteiger partial charge on any atom is -0.457 e. The Morgan fingerprint density at radius 2 is 1.82 bits per heavy atom. The van der Waals surface area contributed by atoms with Crippen molar-refractivity contribution in [1.82, 2.24) is 15.5 Å². The fraction of sp³-hybridized carbons (Fsp3) is 0.250. The van der Waals surface area contributed by atoms with E-state index in [9.17, 15) is 4.79 Å². The van der Waals surface area contributed by atoms with Gasteiger partial charge in [0.15, 0.2) is 4.34 Å². The number of hydrogen-bond acceptors (Lipinski definition) is 7. The second-order valence-electron chi connectivity index (χ2n) is 6.33. The Bertz CT molecular complexity index is 915. The van der Waals surface area contributed by atoms with Gasteiger partial charge in [0.25, 0.3) is 0 Å². The molecule has 0 radical (unpaired) electrons. The Morgan fingerprint density at radius 3 is 2.64 bits per heavy atom. The maximum atomic E-state index is 12.1. The molecule has 144 valence electrons. The largest absolute Gasteiger partial charge is 0.457 e. The number of anilines is 2. The molecule has 0 aliphatic carbocycles. The highest BCUT2D eigenvalue weighted by atomic mass is 32.2. The first-order chi connectivity index (χ1) is 13.8. The van der Waals surface area contributed by atoms with Gasteiger partial charge >= 0.3 is 0 Å². The lowest BCUT2D eigenvalue weighted by molar-refractivity contribution is -0.120. The van der Waals surface area contributed by atoms with Crippen LogP contribution in [0.15, 0.2) is 58.9 Å². The predicted octanol–water partition coefficient (Wildman–Crippen LogP) is 4.83. The highest BCUT2D eigenvalue weighted by Gasteiger charge is 2.23. The number of ether oxygens (including phenoxy) is 1. The molecule has 0 unspecified atom stereocenters. The van der Waals surface area contributed by atoms with Crippen LogP contribution in [0.3, 0.4) is 0 Å². The molecule has 1 saturated heterocycles. The summed E-state index contributed by atoms with van der Waals surface area (Å²) in [7, 11) is 0. The summed E-state index contributed by atoms with van der Waals surface area (Å²) in [6.07, 6.45) is 2.97. The normalized spacial score (nSPS) is 16.9. The summed E-state index contributed by atoms with van der Waals surface area (Å²) >= 11 is 2.95. The molecule has 1 aliphatic rings. The van der Waals surface area contributed by atoms with Crippen LogP contribution in [0.25, 0.3) is 0 Å². The first kappa shape index (κ1) is 18.8. The predicted molar refractivity (Wildman–Crippen MR) is 113 cm³/mol. The molecule has 2 aromatic carbocycles. The third-order valence-electron chi connectivity index (χ3n) is 4.22. The van der Waals surface area contributed by atoms with Gasteiger partial charge in [0.1, 0.15) is 11.5 Å². The van der Waals surface area contributed by atoms with Gasteiger partial charge in [0.2, 0.25) is 11.0 Å². The molecular formula is C20H20N4O2S2. The quantitative estimate of drug-likeness (QED) is 0.604. The number of benzene rings is 2. The van der Waals surface area contributed by atoms with Crippen LogP contribution in [0.1, 0.15) is 19.3 Å². The lowest BCUT2D eigenvalue weighted by Gasteiger charge is -2.09. The molecule has 0 saturated carbocycles. The van der Waals surface area contributed by atoms with Gasteiger partial charge in [0, 0.05) is 12.2 Å². The minimum atomic E-state index is -0.0854. The van der Waals surface area contributed by atoms with Gasteiger partial charge in [-0.25, -0.2) is 0 Å². The van der Waals surface area contributed by atoms with Crippen molar-refractivity contribution in [3.05, 3.63) is 54.6 Å². The summed E-state index contributed by atoms with van der Waals surface area (Å²) in [5, 5.41) is 15.2. The van der Waals surface area contributed by atoms with Crippen molar-refractivity contribution in [2.24, 2.45) is 0 Å². The number of para-hydroxylation sites is 1. The zero-order valence-electron chi connectivity index (χ0n) is 15.1. The van der Waals surface area contributed by atoms with E-state index in [4.69, 9.17) is 4.74 Å². The number of nitrogens with zero attached hydrogens (tertiary/aromatic N) is 2. The van der Waals surface area contributed by atoms with E-state index < -0.39 is 0 Å². The Morgan fingerprint density at radius 1 is 1.04 bits per heavy atom. The number of aromatic nitrogens is 2. The molecule has 1 amide bonds. The van der Waals surface area contributed by atoms with Gasteiger partial charge in [-0.1, -0.05) is 47.7 Å². The van der Waals surface area contributed by atoms with Gasteiger partial charge in [-0.15, -0.1) is 10.2 Å². The van der Waals surface area contributed by atoms with Crippen LogP contribution < -0.4 is 15.4 Å². The zero-order chi connectivity index (χ0) is 19.2. The van der Waals surface area contributed by atoms with Crippen LogP contribution in [0.5, 0.6) is 11.5 Å². The summed E-state index contributed by atoms with van der Waals surface area (Å²) in [4.78, 5) is 12.1. The Hall–Kier alpha value is -2.58. The average molecular weight is 413 g/mol. The van der Waals surface area contributed by atoms with E-state index in [1.165, 1.54) is 23.1 Å². The van der Waals surface area contributed by atoms with E-state index in [2.05, 4.69) is 20.8 Å². The molecule has 1 atom stereocenters. The molecule has 2 heterocycles. The van der Waals surface area contributed by atoms with Crippen LogP contribution in [0.4, 0.5) is 10.8 Å². The van der Waals surface area contributed by atoms with Crippen LogP contribution >= 0.6 is 23.1 Å². The van der Waals surface area contributed by atoms with Crippen molar-refractivity contribution in [3.63, 3.8) is 0 Å². The summed E-state index contributed by atoms with van der Waals surface area (Å²) in [5.41, 5.74) is 0.903. The molecule has 1 fully saturated rings. The van der Waals surface area contributed by atoms with E-state index in [0.717, 1.165) is 47.3 Å². The fourth-order valence-corrected chi connectivity index (χ4v) is 4.89. The molecule has 0 spiro atoms. The third-order valence-corrected chi connectivity index (χ3v) is 6.41. The van der Waals surface area contributed by atoms with Crippen LogP contribution in [0.2, 0.25) is 0 Å². The summed E-state index contributed by atoms with van der Waals surface area (Å²) < 4.78 is 6.60. The van der Waals surface area contributed by atoms with Crippen molar-refractivity contribution >= 4 is 39.8 Å². The third kappa shape index (κ3) is 5.02. The lowest BCUT2D eigenvalue weighted by Crippen LogP contribution is -2.30. The van der Waals surface area contributed by atoms with Gasteiger partial charge in [-0.2, -0.15) is 0 Å². The lowest BCUT2D eigenvalue weighted by atomic mass is 10.2. The summed E-state index contributed by atoms with van der Waals surface area (Å²) in [6.45, 7) is 0.767. The number of nitrogens with one attached hydrogen (secondary N) is 2. The number of carbonyl (C=O) groups excluding carboxylic acids is 1. The molecule has 28 heavy (non-hydrogen) atoms. The smallest absolute Gasteiger partial charge is 0.233 e. The second kappa shape index (κ2) is 9.07. The zero-order valence-corrected chi connectivity index (χ0v) is 16.8. The number of hydrogen-bond donors (Lipinski definition) is 2. The maximum Gasteiger partial charge on any atom is 0.233 e. The van der Waals surface area contributed by atoms with Gasteiger partial charge in [-0.3, -0.25) is 4.79 Å². The molecule has 0 bridgehead atoms. The summed E-state index contributed by atoms with van der Waals surface area (Å²) in [5.74, 6) is 1.67. The topological polar surface area (TPSA) is 76.1 Å². The molecule has 4 rings (SSSR count). The monoisotopic (exact) mass is 412 g/mol. The average Bonchev–Trinajstić information content (AvgIpc) is 3.05. The van der Waals surface area contributed by atoms with Crippen LogP contribution in [-0.4, -0.2) is 27.9 Å². The van der Waals surface area contributed by atoms with Crippen LogP contribution in [0, 0.1) is 0 Å². The highest BCUT2D eigenvalue weighted by Crippen LogP contribution is 2.33. The highest BCUT2D eigenvalue weighted by molar-refractivity contribution is 8.02. The number of thioether (sulfide) groups is 1. The second-order valence-corrected chi connectivity index (χ2v) is 8.76. The van der Waals surface area contributed by atoms with E-state index in [0.29, 0.717) is 5.13 Å². The number of amides is 1. The first-order valence-electron chi connectivity index (χ1n) is 9.14. The first-order valence-corrected chi connectivity index (χ1v) is 10.8. The molecule has 1 aliphatic heterocycles. The number of rotatable bonds is 6. The van der Waals surface area contributed by atoms with Gasteiger partial charge in [0.05, 0.1) is 5.25 Å². The van der Waals surface area contributed by atoms with Crippen molar-refractivity contribution in [2.45, 2.75) is 28.9 Å². The minimum absolute atomic E-state index is 0.0854. The molecule has 3 aromatic rings. The molecule has 6 nitrogen and oxygen atoms in total. The van der Waals surface area contributed by atoms with E-state index in [-0.39, 0.29) is 11.2 Å². The Kier molecular flexibility index (Phi) is 6.08. The number of carbonyl (C=O) groups is 1. The van der Waals surface area contributed by atoms with E-state index in [1.54, 1.807) is 0 Å². The van der Waals surface area contributed by atoms with Crippen LogP contribution in [-0.2, 0) is 4.79 Å². The SMILES string of the molecule is O=C1NCCCC[C@@H]1Sc1nnc(Nc2ccc(Oc3ccccc3)cc2)s1. The Balaban J connectivity index is 1.35. The maximum absolute atomic E-state index is 12.1. The Labute approximate surface area is 171 Å².